The molecule has 3 N–H and O–H groups in total. The second-order valence-corrected chi connectivity index (χ2v) is 5.29. The third-order valence-corrected chi connectivity index (χ3v) is 3.68. The summed E-state index contributed by atoms with van der Waals surface area (Å²) in [6.07, 6.45) is 1.91. The molecule has 1 amide bonds. The van der Waals surface area contributed by atoms with E-state index in [9.17, 15) is 4.79 Å². The van der Waals surface area contributed by atoms with Crippen LogP contribution in [0, 0.1) is 6.92 Å². The molecule has 4 nitrogen and oxygen atoms in total. The van der Waals surface area contributed by atoms with Crippen molar-refractivity contribution in [2.45, 2.75) is 32.7 Å². The lowest BCUT2D eigenvalue weighted by Crippen LogP contribution is -2.34. The fourth-order valence-electron chi connectivity index (χ4n) is 2.59. The maximum absolute atomic E-state index is 12.1. The van der Waals surface area contributed by atoms with Crippen molar-refractivity contribution < 1.29 is 4.79 Å². The molecule has 0 spiro atoms. The average molecular weight is 298 g/mol. The highest BCUT2D eigenvalue weighted by Crippen LogP contribution is 2.21. The molecule has 5 heteroatoms. The van der Waals surface area contributed by atoms with Crippen LogP contribution in [0.3, 0.4) is 0 Å². The Morgan fingerprint density at radius 3 is 2.85 bits per heavy atom. The van der Waals surface area contributed by atoms with Crippen LogP contribution < -0.4 is 11.1 Å². The molecule has 1 aromatic rings. The number of carbonyl (C=O) groups excluding carboxylic acids is 1. The number of nitrogens with zero attached hydrogens (tertiary/aromatic N) is 1. The van der Waals surface area contributed by atoms with E-state index in [-0.39, 0.29) is 24.4 Å². The van der Waals surface area contributed by atoms with Gasteiger partial charge >= 0.3 is 0 Å². The molecule has 0 saturated carbocycles. The van der Waals surface area contributed by atoms with Gasteiger partial charge in [0.15, 0.2) is 0 Å². The predicted octanol–water partition coefficient (Wildman–Crippen LogP) is 1.95. The van der Waals surface area contributed by atoms with E-state index >= 15 is 0 Å². The van der Waals surface area contributed by atoms with Crippen molar-refractivity contribution in [3.63, 3.8) is 0 Å². The number of benzene rings is 1. The van der Waals surface area contributed by atoms with E-state index in [2.05, 4.69) is 23.2 Å². The molecule has 2 rings (SSSR count). The first-order valence-electron chi connectivity index (χ1n) is 6.96. The summed E-state index contributed by atoms with van der Waals surface area (Å²) in [5.74, 6) is 0.0538. The van der Waals surface area contributed by atoms with Gasteiger partial charge in [0, 0.05) is 24.8 Å². The number of carbonyl (C=O) groups is 1. The minimum atomic E-state index is 0. The molecule has 1 saturated heterocycles. The van der Waals surface area contributed by atoms with Gasteiger partial charge in [0.05, 0.1) is 6.54 Å². The van der Waals surface area contributed by atoms with Crippen molar-refractivity contribution in [1.82, 2.24) is 4.90 Å². The van der Waals surface area contributed by atoms with Gasteiger partial charge in [-0.1, -0.05) is 25.1 Å². The van der Waals surface area contributed by atoms with Crippen LogP contribution >= 0.6 is 12.4 Å². The minimum Gasteiger partial charge on any atom is -0.326 e. The minimum absolute atomic E-state index is 0. The van der Waals surface area contributed by atoms with Crippen LogP contribution in [0.1, 0.15) is 24.5 Å². The summed E-state index contributed by atoms with van der Waals surface area (Å²) in [4.78, 5) is 14.2. The quantitative estimate of drug-likeness (QED) is 0.893. The van der Waals surface area contributed by atoms with E-state index < -0.39 is 0 Å². The van der Waals surface area contributed by atoms with Crippen LogP contribution in [0.5, 0.6) is 0 Å². The highest BCUT2D eigenvalue weighted by Gasteiger charge is 2.21. The highest BCUT2D eigenvalue weighted by molar-refractivity contribution is 5.93. The summed E-state index contributed by atoms with van der Waals surface area (Å²) in [6.45, 7) is 6.31. The highest BCUT2D eigenvalue weighted by atomic mass is 35.5. The average Bonchev–Trinajstić information content (AvgIpc) is 2.77. The van der Waals surface area contributed by atoms with Crippen LogP contribution in [0.15, 0.2) is 18.2 Å². The van der Waals surface area contributed by atoms with Crippen LogP contribution in [-0.4, -0.2) is 36.5 Å². The first-order valence-corrected chi connectivity index (χ1v) is 6.96. The van der Waals surface area contributed by atoms with E-state index in [1.807, 2.05) is 19.1 Å². The largest absolute Gasteiger partial charge is 0.326 e. The Labute approximate surface area is 127 Å². The van der Waals surface area contributed by atoms with Gasteiger partial charge in [-0.05, 0) is 30.9 Å². The SMILES string of the molecule is CCc1cccc(C)c1NC(=O)CN1CC[C@@H](N)C1.Cl. The maximum Gasteiger partial charge on any atom is 0.238 e. The Bertz CT molecular complexity index is 464. The second kappa shape index (κ2) is 7.62. The number of nitrogens with two attached hydrogens (primary N) is 1. The maximum atomic E-state index is 12.1. The lowest BCUT2D eigenvalue weighted by Gasteiger charge is -2.17. The summed E-state index contributed by atoms with van der Waals surface area (Å²) >= 11 is 0. The monoisotopic (exact) mass is 297 g/mol. The first-order chi connectivity index (χ1) is 9.10. The lowest BCUT2D eigenvalue weighted by atomic mass is 10.1. The van der Waals surface area contributed by atoms with Gasteiger partial charge in [0.25, 0.3) is 0 Å². The number of aryl methyl sites for hydroxylation is 2. The number of para-hydroxylation sites is 1. The molecule has 1 atom stereocenters. The number of anilines is 1. The lowest BCUT2D eigenvalue weighted by molar-refractivity contribution is -0.117. The summed E-state index contributed by atoms with van der Waals surface area (Å²) < 4.78 is 0. The fraction of sp³-hybridized carbons (Fsp3) is 0.533. The van der Waals surface area contributed by atoms with Gasteiger partial charge in [0.2, 0.25) is 5.91 Å². The molecule has 1 aliphatic rings. The number of hydrogen-bond donors (Lipinski definition) is 2. The molecule has 20 heavy (non-hydrogen) atoms. The molecule has 0 unspecified atom stereocenters. The molecule has 0 bridgehead atoms. The summed E-state index contributed by atoms with van der Waals surface area (Å²) in [5, 5.41) is 3.05. The third kappa shape index (κ3) is 4.20. The number of amides is 1. The zero-order valence-electron chi connectivity index (χ0n) is 12.2. The third-order valence-electron chi connectivity index (χ3n) is 3.68. The Hall–Kier alpha value is -1.10. The summed E-state index contributed by atoms with van der Waals surface area (Å²) in [6, 6.07) is 6.34. The zero-order valence-corrected chi connectivity index (χ0v) is 13.0. The van der Waals surface area contributed by atoms with Gasteiger partial charge in [-0.3, -0.25) is 9.69 Å². The Morgan fingerprint density at radius 2 is 2.25 bits per heavy atom. The van der Waals surface area contributed by atoms with E-state index in [0.717, 1.165) is 37.2 Å². The number of nitrogens with one attached hydrogen (secondary N) is 1. The smallest absolute Gasteiger partial charge is 0.238 e. The van der Waals surface area contributed by atoms with Crippen LogP contribution in [0.4, 0.5) is 5.69 Å². The fourth-order valence-corrected chi connectivity index (χ4v) is 2.59. The molecular weight excluding hydrogens is 274 g/mol. The van der Waals surface area contributed by atoms with Crippen molar-refractivity contribution in [2.75, 3.05) is 25.0 Å². The normalized spacial score (nSPS) is 18.6. The van der Waals surface area contributed by atoms with Gasteiger partial charge < -0.3 is 11.1 Å². The Morgan fingerprint density at radius 1 is 1.50 bits per heavy atom. The van der Waals surface area contributed by atoms with Crippen molar-refractivity contribution in [2.24, 2.45) is 5.73 Å². The van der Waals surface area contributed by atoms with E-state index in [4.69, 9.17) is 5.73 Å². The zero-order chi connectivity index (χ0) is 13.8. The molecule has 1 aliphatic heterocycles. The number of likely N-dealkylation sites (tertiary alicyclic amines) is 1. The van der Waals surface area contributed by atoms with Gasteiger partial charge in [0.1, 0.15) is 0 Å². The van der Waals surface area contributed by atoms with Crippen molar-refractivity contribution in [3.05, 3.63) is 29.3 Å². The molecule has 0 radical (unpaired) electrons. The Balaban J connectivity index is 0.00000200. The second-order valence-electron chi connectivity index (χ2n) is 5.29. The van der Waals surface area contributed by atoms with Crippen LogP contribution in [0.2, 0.25) is 0 Å². The molecule has 1 heterocycles. The molecule has 112 valence electrons. The van der Waals surface area contributed by atoms with Crippen molar-refractivity contribution >= 4 is 24.0 Å². The summed E-state index contributed by atoms with van der Waals surface area (Å²) in [5.41, 5.74) is 9.12. The Kier molecular flexibility index (Phi) is 6.46. The van der Waals surface area contributed by atoms with Gasteiger partial charge in [-0.15, -0.1) is 12.4 Å². The first kappa shape index (κ1) is 17.0. The summed E-state index contributed by atoms with van der Waals surface area (Å²) in [7, 11) is 0. The molecule has 1 fully saturated rings. The molecule has 0 aliphatic carbocycles. The number of halogens is 1. The number of hydrogen-bond acceptors (Lipinski definition) is 3. The van der Waals surface area contributed by atoms with E-state index in [1.165, 1.54) is 5.56 Å². The molecule has 0 aromatic heterocycles. The topological polar surface area (TPSA) is 58.4 Å². The van der Waals surface area contributed by atoms with Gasteiger partial charge in [-0.25, -0.2) is 0 Å². The van der Waals surface area contributed by atoms with Crippen LogP contribution in [-0.2, 0) is 11.2 Å². The molecule has 1 aromatic carbocycles. The van der Waals surface area contributed by atoms with Crippen molar-refractivity contribution in [3.8, 4) is 0 Å². The van der Waals surface area contributed by atoms with Crippen LogP contribution in [0.25, 0.3) is 0 Å². The van der Waals surface area contributed by atoms with Gasteiger partial charge in [-0.2, -0.15) is 0 Å². The van der Waals surface area contributed by atoms with E-state index in [1.54, 1.807) is 0 Å². The number of rotatable bonds is 4. The standard InChI is InChI=1S/C15H23N3O.ClH/c1-3-12-6-4-5-11(2)15(12)17-14(19)10-18-8-7-13(16)9-18;/h4-6,13H,3,7-10,16H2,1-2H3,(H,17,19);1H/t13-;/m1./s1. The molecular formula is C15H24ClN3O. The van der Waals surface area contributed by atoms with E-state index in [0.29, 0.717) is 6.54 Å². The van der Waals surface area contributed by atoms with Crippen molar-refractivity contribution in [1.29, 1.82) is 0 Å². The predicted molar refractivity (Wildman–Crippen MR) is 85.5 cm³/mol.